The topological polar surface area (TPSA) is 111 Å². The highest BCUT2D eigenvalue weighted by atomic mass is 32.2. The van der Waals surface area contributed by atoms with Gasteiger partial charge < -0.3 is 19.5 Å². The first-order chi connectivity index (χ1) is 16.2. The third-order valence-corrected chi connectivity index (χ3v) is 6.85. The predicted octanol–water partition coefficient (Wildman–Crippen LogP) is 3.57. The summed E-state index contributed by atoms with van der Waals surface area (Å²) in [6, 6.07) is 16.7. The van der Waals surface area contributed by atoms with Crippen molar-refractivity contribution in [2.75, 3.05) is 38.0 Å². The van der Waals surface area contributed by atoms with Gasteiger partial charge in [0, 0.05) is 24.4 Å². The molecule has 3 aromatic carbocycles. The van der Waals surface area contributed by atoms with Gasteiger partial charge in [-0.2, -0.15) is 0 Å². The van der Waals surface area contributed by atoms with E-state index in [9.17, 15) is 18.0 Å². The van der Waals surface area contributed by atoms with Gasteiger partial charge in [-0.1, -0.05) is 0 Å². The molecule has 0 saturated carbocycles. The Morgan fingerprint density at radius 1 is 0.794 bits per heavy atom. The minimum absolute atomic E-state index is 0.0323. The number of esters is 1. The van der Waals surface area contributed by atoms with E-state index in [2.05, 4.69) is 10.1 Å². The lowest BCUT2D eigenvalue weighted by Crippen LogP contribution is -2.26. The first-order valence-electron chi connectivity index (χ1n) is 10.0. The second kappa shape index (κ2) is 10.3. The van der Waals surface area contributed by atoms with Gasteiger partial charge in [0.2, 0.25) is 0 Å². The first-order valence-corrected chi connectivity index (χ1v) is 11.5. The van der Waals surface area contributed by atoms with Crippen molar-refractivity contribution in [2.45, 2.75) is 4.90 Å². The van der Waals surface area contributed by atoms with Gasteiger partial charge in [-0.3, -0.25) is 9.10 Å². The van der Waals surface area contributed by atoms with Crippen LogP contribution < -0.4 is 19.1 Å². The molecule has 0 saturated heterocycles. The van der Waals surface area contributed by atoms with Crippen molar-refractivity contribution in [3.05, 3.63) is 77.9 Å². The number of rotatable bonds is 8. The second-order valence-corrected chi connectivity index (χ2v) is 9.03. The monoisotopic (exact) mass is 484 g/mol. The molecule has 10 heteroatoms. The molecule has 0 radical (unpaired) electrons. The summed E-state index contributed by atoms with van der Waals surface area (Å²) in [6.07, 6.45) is 0. The number of ether oxygens (including phenoxy) is 3. The number of nitrogens with zero attached hydrogens (tertiary/aromatic N) is 1. The van der Waals surface area contributed by atoms with E-state index in [-0.39, 0.29) is 10.8 Å². The van der Waals surface area contributed by atoms with Crippen LogP contribution in [0.3, 0.4) is 0 Å². The average molecular weight is 485 g/mol. The Bertz CT molecular complexity index is 1290. The van der Waals surface area contributed by atoms with Crippen LogP contribution >= 0.6 is 0 Å². The van der Waals surface area contributed by atoms with Crippen molar-refractivity contribution in [3.8, 4) is 11.5 Å². The van der Waals surface area contributed by atoms with E-state index in [0.717, 1.165) is 4.31 Å². The third-order valence-electron chi connectivity index (χ3n) is 5.07. The van der Waals surface area contributed by atoms with Crippen molar-refractivity contribution < 1.29 is 32.2 Å². The fraction of sp³-hybridized carbons (Fsp3) is 0.167. The first kappa shape index (κ1) is 24.6. The maximum atomic E-state index is 13.1. The third kappa shape index (κ3) is 5.12. The fourth-order valence-corrected chi connectivity index (χ4v) is 4.32. The summed E-state index contributed by atoms with van der Waals surface area (Å²) in [4.78, 5) is 24.1. The molecule has 178 valence electrons. The summed E-state index contributed by atoms with van der Waals surface area (Å²) >= 11 is 0. The highest BCUT2D eigenvalue weighted by Gasteiger charge is 2.23. The standard InChI is InChI=1S/C24H24N2O7S/c1-26(34(29,30)20-13-14-21(31-2)22(15-20)32-3)19-11-7-16(8-12-19)23(27)25-18-9-5-17(6-10-18)24(28)33-4/h5-15H,1-4H3,(H,25,27). The molecule has 0 aliphatic carbocycles. The molecule has 1 N–H and O–H groups in total. The summed E-state index contributed by atoms with van der Waals surface area (Å²) in [5.74, 6) is -0.147. The quantitative estimate of drug-likeness (QED) is 0.487. The van der Waals surface area contributed by atoms with Crippen molar-refractivity contribution >= 4 is 33.3 Å². The van der Waals surface area contributed by atoms with Gasteiger partial charge in [-0.15, -0.1) is 0 Å². The van der Waals surface area contributed by atoms with Gasteiger partial charge in [-0.05, 0) is 60.7 Å². The Balaban J connectivity index is 1.75. The molecule has 0 spiro atoms. The van der Waals surface area contributed by atoms with Crippen LogP contribution in [-0.4, -0.2) is 48.7 Å². The number of carbonyl (C=O) groups is 2. The number of anilines is 2. The van der Waals surface area contributed by atoms with Crippen LogP contribution in [0.5, 0.6) is 11.5 Å². The Hall–Kier alpha value is -4.05. The molecular formula is C24H24N2O7S. The molecule has 3 rings (SSSR count). The molecule has 0 unspecified atom stereocenters. The van der Waals surface area contributed by atoms with Crippen LogP contribution in [0.4, 0.5) is 11.4 Å². The van der Waals surface area contributed by atoms with E-state index >= 15 is 0 Å². The lowest BCUT2D eigenvalue weighted by Gasteiger charge is -2.20. The number of benzene rings is 3. The maximum Gasteiger partial charge on any atom is 0.337 e. The van der Waals surface area contributed by atoms with Crippen molar-refractivity contribution in [1.29, 1.82) is 0 Å². The molecular weight excluding hydrogens is 460 g/mol. The van der Waals surface area contributed by atoms with E-state index < -0.39 is 16.0 Å². The van der Waals surface area contributed by atoms with Gasteiger partial charge in [0.15, 0.2) is 11.5 Å². The minimum Gasteiger partial charge on any atom is -0.493 e. The lowest BCUT2D eigenvalue weighted by atomic mass is 10.1. The van der Waals surface area contributed by atoms with E-state index in [0.29, 0.717) is 34.0 Å². The highest BCUT2D eigenvalue weighted by Crippen LogP contribution is 2.31. The largest absolute Gasteiger partial charge is 0.493 e. The van der Waals surface area contributed by atoms with Gasteiger partial charge in [0.25, 0.3) is 15.9 Å². The fourth-order valence-electron chi connectivity index (χ4n) is 3.11. The van der Waals surface area contributed by atoms with Gasteiger partial charge >= 0.3 is 5.97 Å². The Morgan fingerprint density at radius 2 is 1.38 bits per heavy atom. The van der Waals surface area contributed by atoms with Gasteiger partial charge in [-0.25, -0.2) is 13.2 Å². The molecule has 0 atom stereocenters. The zero-order valence-electron chi connectivity index (χ0n) is 19.1. The number of sulfonamides is 1. The Kier molecular flexibility index (Phi) is 7.42. The summed E-state index contributed by atoms with van der Waals surface area (Å²) < 4.78 is 42.3. The average Bonchev–Trinajstić information content (AvgIpc) is 2.87. The molecule has 34 heavy (non-hydrogen) atoms. The number of hydrogen-bond acceptors (Lipinski definition) is 7. The maximum absolute atomic E-state index is 13.1. The minimum atomic E-state index is -3.89. The van der Waals surface area contributed by atoms with E-state index in [1.54, 1.807) is 24.3 Å². The van der Waals surface area contributed by atoms with E-state index in [1.165, 1.54) is 70.8 Å². The van der Waals surface area contributed by atoms with Crippen LogP contribution in [0, 0.1) is 0 Å². The SMILES string of the molecule is COC(=O)c1ccc(NC(=O)c2ccc(N(C)S(=O)(=O)c3ccc(OC)c(OC)c3)cc2)cc1. The lowest BCUT2D eigenvalue weighted by molar-refractivity contribution is 0.0600. The predicted molar refractivity (Wildman–Crippen MR) is 127 cm³/mol. The zero-order chi connectivity index (χ0) is 24.9. The molecule has 0 fully saturated rings. The number of methoxy groups -OCH3 is 3. The molecule has 0 aromatic heterocycles. The summed E-state index contributed by atoms with van der Waals surface area (Å²) in [7, 11) is 1.72. The van der Waals surface area contributed by atoms with Crippen LogP contribution in [0.1, 0.15) is 20.7 Å². The molecule has 0 bridgehead atoms. The van der Waals surface area contributed by atoms with Crippen LogP contribution in [0.15, 0.2) is 71.6 Å². The van der Waals surface area contributed by atoms with Crippen LogP contribution in [0.25, 0.3) is 0 Å². The molecule has 3 aromatic rings. The number of amides is 1. The van der Waals surface area contributed by atoms with Crippen molar-refractivity contribution in [3.63, 3.8) is 0 Å². The second-order valence-electron chi connectivity index (χ2n) is 7.06. The number of nitrogens with one attached hydrogen (secondary N) is 1. The summed E-state index contributed by atoms with van der Waals surface area (Å²) in [5.41, 5.74) is 1.56. The van der Waals surface area contributed by atoms with Crippen molar-refractivity contribution in [1.82, 2.24) is 0 Å². The molecule has 0 aliphatic rings. The molecule has 0 aliphatic heterocycles. The highest BCUT2D eigenvalue weighted by molar-refractivity contribution is 7.92. The normalized spacial score (nSPS) is 10.8. The molecule has 0 heterocycles. The van der Waals surface area contributed by atoms with Crippen LogP contribution in [0.2, 0.25) is 0 Å². The van der Waals surface area contributed by atoms with E-state index in [4.69, 9.17) is 9.47 Å². The van der Waals surface area contributed by atoms with Crippen molar-refractivity contribution in [2.24, 2.45) is 0 Å². The van der Waals surface area contributed by atoms with E-state index in [1.807, 2.05) is 0 Å². The van der Waals surface area contributed by atoms with Gasteiger partial charge in [0.05, 0.1) is 37.5 Å². The molecule has 1 amide bonds. The summed E-state index contributed by atoms with van der Waals surface area (Å²) in [5, 5.41) is 2.72. The molecule has 9 nitrogen and oxygen atoms in total. The van der Waals surface area contributed by atoms with Crippen LogP contribution in [-0.2, 0) is 14.8 Å². The number of hydrogen-bond donors (Lipinski definition) is 1. The zero-order valence-corrected chi connectivity index (χ0v) is 19.9. The van der Waals surface area contributed by atoms with Gasteiger partial charge in [0.1, 0.15) is 0 Å². The Morgan fingerprint density at radius 3 is 1.94 bits per heavy atom. The summed E-state index contributed by atoms with van der Waals surface area (Å²) in [6.45, 7) is 0. The number of carbonyl (C=O) groups excluding carboxylic acids is 2. The smallest absolute Gasteiger partial charge is 0.337 e. The Labute approximate surface area is 197 Å².